The summed E-state index contributed by atoms with van der Waals surface area (Å²) in [6.07, 6.45) is 1.85. The first kappa shape index (κ1) is 13.4. The maximum Gasteiger partial charge on any atom is 0.256 e. The van der Waals surface area contributed by atoms with Gasteiger partial charge >= 0.3 is 0 Å². The molecular weight excluding hydrogens is 278 g/mol. The molecule has 1 saturated heterocycles. The molecule has 4 nitrogen and oxygen atoms in total. The summed E-state index contributed by atoms with van der Waals surface area (Å²) in [7, 11) is 0. The summed E-state index contributed by atoms with van der Waals surface area (Å²) in [6.45, 7) is 5.44. The van der Waals surface area contributed by atoms with Crippen molar-refractivity contribution in [2.24, 2.45) is 0 Å². The van der Waals surface area contributed by atoms with E-state index in [0.29, 0.717) is 15.7 Å². The van der Waals surface area contributed by atoms with Gasteiger partial charge in [0.15, 0.2) is 0 Å². The van der Waals surface area contributed by atoms with Crippen LogP contribution in [0.25, 0.3) is 0 Å². The summed E-state index contributed by atoms with van der Waals surface area (Å²) in [6, 6.07) is 0. The number of rotatable bonds is 1. The van der Waals surface area contributed by atoms with Gasteiger partial charge in [-0.3, -0.25) is 4.79 Å². The quantitative estimate of drug-likeness (QED) is 0.834. The van der Waals surface area contributed by atoms with Crippen molar-refractivity contribution < 1.29 is 0 Å². The summed E-state index contributed by atoms with van der Waals surface area (Å²) in [5.74, 6) is 2.68. The molecule has 2 N–H and O–H groups in total. The summed E-state index contributed by atoms with van der Waals surface area (Å²) >= 11 is 3.89. The Hall–Kier alpha value is -0.620. The molecule has 0 amide bonds. The summed E-state index contributed by atoms with van der Waals surface area (Å²) in [4.78, 5) is 19.8. The Bertz CT molecular complexity index is 531. The van der Waals surface area contributed by atoms with E-state index in [-0.39, 0.29) is 5.56 Å². The number of anilines is 1. The average molecular weight is 297 g/mol. The van der Waals surface area contributed by atoms with E-state index in [1.165, 1.54) is 0 Å². The topological polar surface area (TPSA) is 57.8 Å². The number of nitrogens with zero attached hydrogens (tertiary/aromatic N) is 1. The van der Waals surface area contributed by atoms with E-state index in [2.05, 4.69) is 29.1 Å². The van der Waals surface area contributed by atoms with Crippen LogP contribution in [0.15, 0.2) is 4.79 Å². The lowest BCUT2D eigenvalue weighted by Crippen LogP contribution is -2.28. The zero-order valence-corrected chi connectivity index (χ0v) is 12.9. The second-order valence-corrected chi connectivity index (χ2v) is 8.17. The fourth-order valence-electron chi connectivity index (χ4n) is 2.44. The van der Waals surface area contributed by atoms with Gasteiger partial charge in [-0.1, -0.05) is 13.8 Å². The van der Waals surface area contributed by atoms with Crippen LogP contribution in [0, 0.1) is 0 Å². The second-order valence-electron chi connectivity index (χ2n) is 5.18. The van der Waals surface area contributed by atoms with Crippen LogP contribution in [-0.2, 0) is 6.42 Å². The lowest BCUT2D eigenvalue weighted by molar-refractivity contribution is 0.774. The normalized spacial score (nSPS) is 30.5. The highest BCUT2D eigenvalue weighted by molar-refractivity contribution is 8.07. The molecule has 0 spiro atoms. The molecule has 1 fully saturated rings. The number of nitrogens with one attached hydrogen (secondary N) is 2. The smallest absolute Gasteiger partial charge is 0.256 e. The van der Waals surface area contributed by atoms with Gasteiger partial charge < -0.3 is 10.3 Å². The third-order valence-corrected chi connectivity index (χ3v) is 7.18. The van der Waals surface area contributed by atoms with E-state index in [1.54, 1.807) is 0 Å². The molecule has 0 radical (unpaired) electrons. The number of aromatic amines is 1. The molecule has 2 aliphatic heterocycles. The van der Waals surface area contributed by atoms with Crippen LogP contribution in [0.5, 0.6) is 0 Å². The molecule has 104 valence electrons. The van der Waals surface area contributed by atoms with Gasteiger partial charge in [0.1, 0.15) is 11.6 Å². The predicted octanol–water partition coefficient (Wildman–Crippen LogP) is 2.43. The Labute approximate surface area is 121 Å². The van der Waals surface area contributed by atoms with Crippen LogP contribution in [0.1, 0.15) is 36.9 Å². The van der Waals surface area contributed by atoms with E-state index in [0.717, 1.165) is 42.3 Å². The minimum absolute atomic E-state index is 0.0454. The van der Waals surface area contributed by atoms with Crippen molar-refractivity contribution in [1.29, 1.82) is 0 Å². The molecular formula is C13H19N3OS2. The highest BCUT2D eigenvalue weighted by atomic mass is 32.2. The number of fused-ring (bicyclic) bond motifs is 1. The molecule has 19 heavy (non-hydrogen) atoms. The predicted molar refractivity (Wildman–Crippen MR) is 83.4 cm³/mol. The first-order chi connectivity index (χ1) is 9.15. The minimum atomic E-state index is 0.0454. The second kappa shape index (κ2) is 5.40. The molecule has 3 rings (SSSR count). The molecule has 6 heteroatoms. The van der Waals surface area contributed by atoms with E-state index in [9.17, 15) is 4.79 Å². The van der Waals surface area contributed by atoms with Crippen molar-refractivity contribution in [2.45, 2.75) is 42.4 Å². The highest BCUT2D eigenvalue weighted by Crippen LogP contribution is 2.43. The minimum Gasteiger partial charge on any atom is -0.370 e. The van der Waals surface area contributed by atoms with Gasteiger partial charge in [0, 0.05) is 22.8 Å². The van der Waals surface area contributed by atoms with Crippen molar-refractivity contribution in [3.8, 4) is 0 Å². The van der Waals surface area contributed by atoms with Gasteiger partial charge in [-0.05, 0) is 12.8 Å². The summed E-state index contributed by atoms with van der Waals surface area (Å²) in [5.41, 5.74) is 0.869. The van der Waals surface area contributed by atoms with Crippen LogP contribution in [0.3, 0.4) is 0 Å². The van der Waals surface area contributed by atoms with Crippen LogP contribution < -0.4 is 10.9 Å². The lowest BCUT2D eigenvalue weighted by Gasteiger charge is -2.31. The zero-order chi connectivity index (χ0) is 13.4. The molecule has 3 atom stereocenters. The molecule has 0 bridgehead atoms. The SMILES string of the molecule is CC1SCC(c2nc3c(c(=O)[nH]2)CCCN3)SC1C. The number of hydrogen-bond acceptors (Lipinski definition) is 5. The molecule has 0 saturated carbocycles. The zero-order valence-electron chi connectivity index (χ0n) is 11.2. The van der Waals surface area contributed by atoms with Gasteiger partial charge in [0.2, 0.25) is 0 Å². The number of aromatic nitrogens is 2. The highest BCUT2D eigenvalue weighted by Gasteiger charge is 2.29. The third kappa shape index (κ3) is 2.65. The molecule has 0 aromatic carbocycles. The summed E-state index contributed by atoms with van der Waals surface area (Å²) in [5, 5.41) is 4.82. The van der Waals surface area contributed by atoms with E-state index >= 15 is 0 Å². The first-order valence-corrected chi connectivity index (χ1v) is 8.78. The maximum atomic E-state index is 12.1. The average Bonchev–Trinajstić information content (AvgIpc) is 2.42. The van der Waals surface area contributed by atoms with Gasteiger partial charge in [-0.15, -0.1) is 11.8 Å². The maximum absolute atomic E-state index is 12.1. The van der Waals surface area contributed by atoms with Crippen LogP contribution in [0.4, 0.5) is 5.82 Å². The Kier molecular flexibility index (Phi) is 3.80. The fourth-order valence-corrected chi connectivity index (χ4v) is 5.31. The molecule has 3 unspecified atom stereocenters. The van der Waals surface area contributed by atoms with Gasteiger partial charge in [-0.2, -0.15) is 11.8 Å². The van der Waals surface area contributed by atoms with Crippen LogP contribution >= 0.6 is 23.5 Å². The van der Waals surface area contributed by atoms with Crippen LogP contribution in [-0.4, -0.2) is 32.8 Å². The fraction of sp³-hybridized carbons (Fsp3) is 0.692. The molecule has 3 heterocycles. The van der Waals surface area contributed by atoms with E-state index in [4.69, 9.17) is 0 Å². The van der Waals surface area contributed by atoms with Crippen molar-refractivity contribution in [3.05, 3.63) is 21.7 Å². The van der Waals surface area contributed by atoms with Crippen molar-refractivity contribution >= 4 is 29.3 Å². The standard InChI is InChI=1S/C13H19N3OS2/c1-7-8(2)19-10(6-18-7)12-15-11-9(13(17)16-12)4-3-5-14-11/h7-8,10H,3-6H2,1-2H3,(H2,14,15,16,17). The monoisotopic (exact) mass is 297 g/mol. The van der Waals surface area contributed by atoms with Crippen molar-refractivity contribution in [1.82, 2.24) is 9.97 Å². The molecule has 1 aromatic heterocycles. The Morgan fingerprint density at radius 3 is 2.95 bits per heavy atom. The largest absolute Gasteiger partial charge is 0.370 e. The molecule has 0 aliphatic carbocycles. The summed E-state index contributed by atoms with van der Waals surface area (Å²) < 4.78 is 0. The number of thioether (sulfide) groups is 2. The van der Waals surface area contributed by atoms with Crippen LogP contribution in [0.2, 0.25) is 0 Å². The third-order valence-electron chi connectivity index (χ3n) is 3.79. The molecule has 2 aliphatic rings. The Morgan fingerprint density at radius 2 is 2.16 bits per heavy atom. The Morgan fingerprint density at radius 1 is 1.32 bits per heavy atom. The lowest BCUT2D eigenvalue weighted by atomic mass is 10.1. The van der Waals surface area contributed by atoms with E-state index < -0.39 is 0 Å². The van der Waals surface area contributed by atoms with Crippen molar-refractivity contribution in [2.75, 3.05) is 17.6 Å². The van der Waals surface area contributed by atoms with Gasteiger partial charge in [0.25, 0.3) is 5.56 Å². The molecule has 1 aromatic rings. The Balaban J connectivity index is 1.89. The van der Waals surface area contributed by atoms with E-state index in [1.807, 2.05) is 23.5 Å². The van der Waals surface area contributed by atoms with Crippen molar-refractivity contribution in [3.63, 3.8) is 0 Å². The van der Waals surface area contributed by atoms with Gasteiger partial charge in [-0.25, -0.2) is 4.98 Å². The van der Waals surface area contributed by atoms with Gasteiger partial charge in [0.05, 0.1) is 10.8 Å². The first-order valence-electron chi connectivity index (χ1n) is 6.79. The number of hydrogen-bond donors (Lipinski definition) is 2. The number of H-pyrrole nitrogens is 1.